The van der Waals surface area contributed by atoms with Crippen molar-refractivity contribution in [2.75, 3.05) is 5.73 Å². The molecule has 0 saturated heterocycles. The number of rotatable bonds is 2. The number of hydrogen-bond acceptors (Lipinski definition) is 7. The maximum atomic E-state index is 9.29. The molecule has 0 aliphatic heterocycles. The van der Waals surface area contributed by atoms with E-state index in [0.717, 1.165) is 22.2 Å². The SMILES string of the molecule is Cc1nc(-c2nc(N)c(C#N)nc2-c2ccc3ncccc3c2)oc1C. The van der Waals surface area contributed by atoms with Gasteiger partial charge in [0.1, 0.15) is 17.5 Å². The van der Waals surface area contributed by atoms with Crippen molar-refractivity contribution >= 4 is 16.7 Å². The second-order valence-electron chi connectivity index (χ2n) is 5.84. The number of nitrogens with two attached hydrogens (primary N) is 1. The molecule has 1 aromatic carbocycles. The molecule has 0 bridgehead atoms. The Balaban J connectivity index is 2.00. The zero-order valence-electron chi connectivity index (χ0n) is 14.2. The zero-order valence-corrected chi connectivity index (χ0v) is 14.2. The van der Waals surface area contributed by atoms with Gasteiger partial charge in [-0.2, -0.15) is 5.26 Å². The van der Waals surface area contributed by atoms with E-state index in [1.807, 2.05) is 50.2 Å². The summed E-state index contributed by atoms with van der Waals surface area (Å²) in [5.41, 5.74) is 9.24. The second kappa shape index (κ2) is 5.93. The highest BCUT2D eigenvalue weighted by atomic mass is 16.4. The fraction of sp³-hybridized carbons (Fsp3) is 0.105. The van der Waals surface area contributed by atoms with Crippen LogP contribution in [0.25, 0.3) is 33.7 Å². The van der Waals surface area contributed by atoms with Gasteiger partial charge >= 0.3 is 0 Å². The first-order valence-electron chi connectivity index (χ1n) is 7.94. The summed E-state index contributed by atoms with van der Waals surface area (Å²) in [5, 5.41) is 10.2. The Hall–Kier alpha value is -3.79. The molecule has 4 rings (SSSR count). The lowest BCUT2D eigenvalue weighted by molar-refractivity contribution is 0.538. The number of nitriles is 1. The van der Waals surface area contributed by atoms with Gasteiger partial charge in [-0.05, 0) is 32.0 Å². The Kier molecular flexibility index (Phi) is 3.59. The van der Waals surface area contributed by atoms with Crippen molar-refractivity contribution in [3.63, 3.8) is 0 Å². The summed E-state index contributed by atoms with van der Waals surface area (Å²) < 4.78 is 5.71. The molecule has 0 spiro atoms. The fourth-order valence-corrected chi connectivity index (χ4v) is 2.68. The first-order chi connectivity index (χ1) is 12.6. The van der Waals surface area contributed by atoms with E-state index < -0.39 is 0 Å². The van der Waals surface area contributed by atoms with Crippen LogP contribution in [0.4, 0.5) is 5.82 Å². The molecule has 26 heavy (non-hydrogen) atoms. The molecule has 126 valence electrons. The lowest BCUT2D eigenvalue weighted by Gasteiger charge is -2.08. The molecule has 4 aromatic rings. The van der Waals surface area contributed by atoms with Crippen LogP contribution >= 0.6 is 0 Å². The number of hydrogen-bond donors (Lipinski definition) is 1. The van der Waals surface area contributed by atoms with Gasteiger partial charge in [0, 0.05) is 17.1 Å². The molecule has 0 radical (unpaired) electrons. The van der Waals surface area contributed by atoms with Gasteiger partial charge < -0.3 is 10.2 Å². The van der Waals surface area contributed by atoms with Gasteiger partial charge in [0.15, 0.2) is 17.2 Å². The van der Waals surface area contributed by atoms with E-state index in [0.29, 0.717) is 23.0 Å². The first kappa shape index (κ1) is 15.7. The van der Waals surface area contributed by atoms with Gasteiger partial charge in [-0.15, -0.1) is 0 Å². The third-order valence-electron chi connectivity index (χ3n) is 4.14. The monoisotopic (exact) mass is 342 g/mol. The molecular formula is C19H14N6O. The molecule has 0 saturated carbocycles. The fourth-order valence-electron chi connectivity index (χ4n) is 2.68. The summed E-state index contributed by atoms with van der Waals surface area (Å²) in [6.07, 6.45) is 1.74. The highest BCUT2D eigenvalue weighted by Gasteiger charge is 2.20. The molecule has 0 amide bonds. The summed E-state index contributed by atoms with van der Waals surface area (Å²) >= 11 is 0. The highest BCUT2D eigenvalue weighted by molar-refractivity contribution is 5.86. The van der Waals surface area contributed by atoms with Crippen LogP contribution in [-0.4, -0.2) is 19.9 Å². The first-order valence-corrected chi connectivity index (χ1v) is 7.94. The van der Waals surface area contributed by atoms with E-state index in [-0.39, 0.29) is 11.5 Å². The Bertz CT molecular complexity index is 1170. The summed E-state index contributed by atoms with van der Waals surface area (Å²) in [6.45, 7) is 3.68. The maximum Gasteiger partial charge on any atom is 0.247 e. The van der Waals surface area contributed by atoms with E-state index in [4.69, 9.17) is 10.2 Å². The van der Waals surface area contributed by atoms with Crippen LogP contribution in [0.3, 0.4) is 0 Å². The molecule has 3 heterocycles. The molecule has 7 nitrogen and oxygen atoms in total. The molecule has 2 N–H and O–H groups in total. The minimum Gasteiger partial charge on any atom is -0.440 e. The number of aromatic nitrogens is 4. The minimum atomic E-state index is 0.0437. The predicted octanol–water partition coefficient (Wildman–Crippen LogP) is 3.42. The zero-order chi connectivity index (χ0) is 18.3. The molecule has 7 heteroatoms. The van der Waals surface area contributed by atoms with Crippen LogP contribution in [0.1, 0.15) is 17.1 Å². The Morgan fingerprint density at radius 3 is 2.65 bits per heavy atom. The van der Waals surface area contributed by atoms with Crippen LogP contribution in [0, 0.1) is 25.2 Å². The van der Waals surface area contributed by atoms with Crippen LogP contribution in [-0.2, 0) is 0 Å². The van der Waals surface area contributed by atoms with Crippen molar-refractivity contribution < 1.29 is 4.42 Å². The van der Waals surface area contributed by atoms with Gasteiger partial charge in [-0.3, -0.25) is 4.98 Å². The van der Waals surface area contributed by atoms with E-state index in [2.05, 4.69) is 19.9 Å². The maximum absolute atomic E-state index is 9.29. The Morgan fingerprint density at radius 2 is 1.92 bits per heavy atom. The highest BCUT2D eigenvalue weighted by Crippen LogP contribution is 2.32. The molecule has 0 aliphatic carbocycles. The van der Waals surface area contributed by atoms with Crippen molar-refractivity contribution in [2.24, 2.45) is 0 Å². The van der Waals surface area contributed by atoms with E-state index in [1.54, 1.807) is 6.20 Å². The number of pyridine rings is 1. The van der Waals surface area contributed by atoms with Gasteiger partial charge in [0.05, 0.1) is 11.2 Å². The van der Waals surface area contributed by atoms with Crippen LogP contribution in [0.2, 0.25) is 0 Å². The van der Waals surface area contributed by atoms with Crippen molar-refractivity contribution in [3.05, 3.63) is 53.7 Å². The second-order valence-corrected chi connectivity index (χ2v) is 5.84. The van der Waals surface area contributed by atoms with Crippen LogP contribution < -0.4 is 5.73 Å². The smallest absolute Gasteiger partial charge is 0.247 e. The number of benzene rings is 1. The summed E-state index contributed by atoms with van der Waals surface area (Å²) in [5.74, 6) is 1.06. The topological polar surface area (TPSA) is 115 Å². The normalized spacial score (nSPS) is 10.8. The van der Waals surface area contributed by atoms with Gasteiger partial charge in [0.2, 0.25) is 5.89 Å². The largest absolute Gasteiger partial charge is 0.440 e. The van der Waals surface area contributed by atoms with Crippen molar-refractivity contribution in [2.45, 2.75) is 13.8 Å². The van der Waals surface area contributed by atoms with E-state index >= 15 is 0 Å². The van der Waals surface area contributed by atoms with Gasteiger partial charge in [0.25, 0.3) is 0 Å². The molecule has 3 aromatic heterocycles. The molecule has 0 aliphatic rings. The van der Waals surface area contributed by atoms with E-state index in [1.165, 1.54) is 0 Å². The standard InChI is InChI=1S/C19H14N6O/c1-10-11(2)26-19(23-10)17-16(24-15(9-20)18(21)25-17)13-5-6-14-12(8-13)4-3-7-22-14/h3-8H,1-2H3,(H2,21,25). The number of nitrogens with zero attached hydrogens (tertiary/aromatic N) is 5. The summed E-state index contributed by atoms with van der Waals surface area (Å²) in [4.78, 5) is 17.5. The number of aryl methyl sites for hydroxylation is 2. The predicted molar refractivity (Wildman–Crippen MR) is 96.9 cm³/mol. The number of anilines is 1. The van der Waals surface area contributed by atoms with Crippen molar-refractivity contribution in [3.8, 4) is 28.9 Å². The number of fused-ring (bicyclic) bond motifs is 1. The molecule has 0 fully saturated rings. The van der Waals surface area contributed by atoms with Crippen LogP contribution in [0.5, 0.6) is 0 Å². The van der Waals surface area contributed by atoms with Gasteiger partial charge in [-0.1, -0.05) is 12.1 Å². The Morgan fingerprint density at radius 1 is 1.08 bits per heavy atom. The van der Waals surface area contributed by atoms with E-state index in [9.17, 15) is 5.26 Å². The van der Waals surface area contributed by atoms with Gasteiger partial charge in [-0.25, -0.2) is 15.0 Å². The van der Waals surface area contributed by atoms with Crippen LogP contribution in [0.15, 0.2) is 40.9 Å². The lowest BCUT2D eigenvalue weighted by atomic mass is 10.1. The summed E-state index contributed by atoms with van der Waals surface area (Å²) in [7, 11) is 0. The number of oxazole rings is 1. The van der Waals surface area contributed by atoms with Crippen molar-refractivity contribution in [1.82, 2.24) is 19.9 Å². The minimum absolute atomic E-state index is 0.0437. The molecular weight excluding hydrogens is 328 g/mol. The summed E-state index contributed by atoms with van der Waals surface area (Å²) in [6, 6.07) is 11.5. The third-order valence-corrected chi connectivity index (χ3v) is 4.14. The van der Waals surface area contributed by atoms with Crippen molar-refractivity contribution in [1.29, 1.82) is 5.26 Å². The quantitative estimate of drug-likeness (QED) is 0.593. The average Bonchev–Trinajstić information content (AvgIpc) is 2.99. The Labute approximate surface area is 149 Å². The average molecular weight is 342 g/mol. The third kappa shape index (κ3) is 2.54. The molecule has 0 unspecified atom stereocenters. The molecule has 0 atom stereocenters. The number of nitrogen functional groups attached to an aromatic ring is 1. The lowest BCUT2D eigenvalue weighted by Crippen LogP contribution is -2.03.